The quantitative estimate of drug-likeness (QED) is 0.0431. The molecule has 14 atom stereocenters. The summed E-state index contributed by atoms with van der Waals surface area (Å²) in [6, 6.07) is 3.52. The van der Waals surface area contributed by atoms with Gasteiger partial charge in [0.2, 0.25) is 13.6 Å². The summed E-state index contributed by atoms with van der Waals surface area (Å²) >= 11 is 2.36. The molecule has 714 valence electrons. The molecular weight excluding hydrogens is 1840 g/mol. The van der Waals surface area contributed by atoms with Crippen LogP contribution in [0.15, 0.2) is 36.4 Å². The Labute approximate surface area is 754 Å². The first-order valence-electron chi connectivity index (χ1n) is 41.3. The van der Waals surface area contributed by atoms with Crippen molar-refractivity contribution >= 4 is 59.3 Å². The third-order valence-corrected chi connectivity index (χ3v) is 30.0. The van der Waals surface area contributed by atoms with Crippen LogP contribution in [-0.4, -0.2) is 237 Å². The van der Waals surface area contributed by atoms with Crippen molar-refractivity contribution in [3.63, 3.8) is 0 Å². The molecule has 2 spiro atoms. The van der Waals surface area contributed by atoms with Gasteiger partial charge in [-0.2, -0.15) is 66.7 Å². The number of phenols is 2. The number of halogens is 14. The van der Waals surface area contributed by atoms with Gasteiger partial charge in [-0.25, -0.2) is 19.2 Å². The lowest BCUT2D eigenvalue weighted by Gasteiger charge is -2.62. The van der Waals surface area contributed by atoms with Gasteiger partial charge in [0.25, 0.3) is 0 Å². The molecule has 0 aromatic heterocycles. The normalized spacial score (nSPS) is 26.8. The van der Waals surface area contributed by atoms with Crippen molar-refractivity contribution in [1.82, 2.24) is 30.2 Å². The van der Waals surface area contributed by atoms with E-state index in [0.717, 1.165) is 49.6 Å². The first-order valence-corrected chi connectivity index (χ1v) is 43.4. The largest absolute Gasteiger partial charge is 0.504 e. The Morgan fingerprint density at radius 1 is 0.496 bits per heavy atom. The first-order chi connectivity index (χ1) is 62.6. The number of aryl methyl sites for hydroxylation is 2. The van der Waals surface area contributed by atoms with Gasteiger partial charge in [0.05, 0.1) is 75.2 Å². The Bertz CT molecular complexity index is 5970. The van der Waals surface area contributed by atoms with Crippen LogP contribution in [0.5, 0.6) is 80.5 Å². The van der Waals surface area contributed by atoms with Crippen LogP contribution in [0.25, 0.3) is 0 Å². The maximum Gasteiger partial charge on any atom is 0.460 e. The highest BCUT2D eigenvalue weighted by Crippen LogP contribution is 2.69. The SMILES string of the molecule is COc1cc2c(cc1OC(=O)C(F)(F)C(F)(F)C(F)(F)F)CCN[C@]21CS[C@@H]2c3c(OC(C)=O)c(C)c4c(c3[C@H](COC1=O)N1C2[C@H]2c3c(cc(C)c(OC)c3O)C[C@@H]([C@@H]1C#N)N2C)OCO4.COc1cc2c(cc1OC(=O)C(F)(F)C(F)(F)C(F)(F)F)CCN[C@]21CS[C@@H]2c3c(OC(C)=O)c(C)c4c(c3[C@H](COC1=O)N1C2[C@H]2c3c(cc(C)c(OC)c3O)C[C@@H]([C@@H]1O)N2C)OCO4. The fraction of sp³-hybridized carbons (Fsp3) is 0.506. The molecule has 0 amide bonds. The molecule has 14 aliphatic heterocycles. The van der Waals surface area contributed by atoms with Crippen LogP contribution < -0.4 is 67.5 Å². The van der Waals surface area contributed by atoms with Gasteiger partial charge >= 0.3 is 71.9 Å². The number of carbonyl (C=O) groups excluding carboxylic acids is 6. The lowest BCUT2D eigenvalue weighted by atomic mass is 9.71. The minimum atomic E-state index is -6.81. The summed E-state index contributed by atoms with van der Waals surface area (Å²) in [5, 5.41) is 52.6. The second-order valence-corrected chi connectivity index (χ2v) is 36.3. The van der Waals surface area contributed by atoms with Gasteiger partial charge in [0.15, 0.2) is 80.1 Å². The monoisotopic (exact) mass is 1920 g/mol. The van der Waals surface area contributed by atoms with Crippen molar-refractivity contribution in [2.24, 2.45) is 0 Å². The van der Waals surface area contributed by atoms with Crippen molar-refractivity contribution in [2.75, 3.05) is 93.9 Å². The highest BCUT2D eigenvalue weighted by molar-refractivity contribution is 7.99. The Hall–Kier alpha value is -10.9. The minimum Gasteiger partial charge on any atom is -0.504 e. The number of carbonyl (C=O) groups is 6. The summed E-state index contributed by atoms with van der Waals surface area (Å²) in [4.78, 5) is 88.5. The average molecular weight is 1920 g/mol. The summed E-state index contributed by atoms with van der Waals surface area (Å²) in [5.41, 5.74) is 3.27. The number of nitrogens with one attached hydrogen (secondary N) is 2. The van der Waals surface area contributed by atoms with E-state index < -0.39 is 190 Å². The number of esters is 6. The molecule has 0 saturated carbocycles. The Morgan fingerprint density at radius 3 is 1.26 bits per heavy atom. The molecule has 30 nitrogen and oxygen atoms in total. The summed E-state index contributed by atoms with van der Waals surface area (Å²) in [6.07, 6.45) is -14.2. The smallest absolute Gasteiger partial charge is 0.460 e. The number of aromatic hydroxyl groups is 2. The summed E-state index contributed by atoms with van der Waals surface area (Å²) in [6.45, 7) is 8.03. The van der Waals surface area contributed by atoms with Crippen molar-refractivity contribution < 1.29 is 172 Å². The molecule has 2 unspecified atom stereocenters. The Balaban J connectivity index is 0.000000185. The molecule has 14 aliphatic rings. The van der Waals surface area contributed by atoms with E-state index in [4.69, 9.17) is 56.8 Å². The lowest BCUT2D eigenvalue weighted by molar-refractivity contribution is -0.346. The third-order valence-electron chi connectivity index (χ3n) is 27.1. The number of hydrogen-bond donors (Lipinski definition) is 5. The van der Waals surface area contributed by atoms with E-state index in [1.807, 2.05) is 45.8 Å². The van der Waals surface area contributed by atoms with E-state index >= 15 is 0 Å². The van der Waals surface area contributed by atoms with Crippen molar-refractivity contribution in [2.45, 2.75) is 185 Å². The lowest BCUT2D eigenvalue weighted by Crippen LogP contribution is -2.70. The van der Waals surface area contributed by atoms with E-state index in [9.17, 15) is 111 Å². The van der Waals surface area contributed by atoms with Crippen molar-refractivity contribution in [3.8, 4) is 86.6 Å². The molecular formula is C87H83F14N7O23S2. The number of aliphatic hydroxyl groups excluding tert-OH is 1. The second-order valence-electron chi connectivity index (χ2n) is 34.1. The molecule has 6 aromatic carbocycles. The van der Waals surface area contributed by atoms with Gasteiger partial charge in [0, 0.05) is 101 Å². The molecule has 8 bridgehead atoms. The molecule has 0 radical (unpaired) electrons. The number of rotatable bonds is 12. The fourth-order valence-electron chi connectivity index (χ4n) is 21.3. The number of phenolic OH excluding ortho intramolecular Hbond substituents is 2. The number of thioether (sulfide) groups is 2. The maximum atomic E-state index is 15.0. The fourth-order valence-corrected chi connectivity index (χ4v) is 24.6. The summed E-state index contributed by atoms with van der Waals surface area (Å²) < 4.78 is 271. The second kappa shape index (κ2) is 33.0. The topological polar surface area (TPSA) is 353 Å². The zero-order valence-electron chi connectivity index (χ0n) is 72.2. The number of hydrogen-bond acceptors (Lipinski definition) is 32. The first kappa shape index (κ1) is 93.9. The van der Waals surface area contributed by atoms with Gasteiger partial charge in [-0.1, -0.05) is 12.1 Å². The van der Waals surface area contributed by atoms with Crippen LogP contribution in [-0.2, 0) is 75.0 Å². The molecule has 46 heteroatoms. The number of nitriles is 1. The maximum absolute atomic E-state index is 15.0. The zero-order valence-corrected chi connectivity index (χ0v) is 73.9. The van der Waals surface area contributed by atoms with Crippen molar-refractivity contribution in [3.05, 3.63) is 125 Å². The number of ether oxygens (including phenoxy) is 14. The highest BCUT2D eigenvalue weighted by Gasteiger charge is 2.79. The van der Waals surface area contributed by atoms with E-state index in [0.29, 0.717) is 68.5 Å². The summed E-state index contributed by atoms with van der Waals surface area (Å²) in [7, 11) is 8.51. The number of aliphatic hydroxyl groups is 1. The van der Waals surface area contributed by atoms with Gasteiger partial charge < -0.3 is 81.6 Å². The highest BCUT2D eigenvalue weighted by atomic mass is 32.2. The molecule has 133 heavy (non-hydrogen) atoms. The number of likely N-dealkylation sites (N-methyl/N-ethyl adjacent to an activating group) is 2. The van der Waals surface area contributed by atoms with E-state index in [-0.39, 0.29) is 131 Å². The Morgan fingerprint density at radius 2 is 0.880 bits per heavy atom. The van der Waals surface area contributed by atoms with Crippen LogP contribution in [0.1, 0.15) is 138 Å². The van der Waals surface area contributed by atoms with E-state index in [2.05, 4.69) is 26.2 Å². The molecule has 0 aliphatic carbocycles. The van der Waals surface area contributed by atoms with Gasteiger partial charge in [0.1, 0.15) is 37.0 Å². The average Bonchev–Trinajstić information content (AvgIpc) is 1.62. The van der Waals surface area contributed by atoms with Gasteiger partial charge in [-0.15, -0.1) is 23.5 Å². The number of methoxy groups -OCH3 is 4. The predicted molar refractivity (Wildman–Crippen MR) is 432 cm³/mol. The number of benzene rings is 6. The molecule has 4 fully saturated rings. The van der Waals surface area contributed by atoms with Crippen LogP contribution in [0, 0.1) is 39.0 Å². The number of fused-ring (bicyclic) bond motifs is 18. The van der Waals surface area contributed by atoms with Gasteiger partial charge in [-0.3, -0.25) is 39.8 Å². The minimum absolute atomic E-state index is 0.000991. The molecule has 4 saturated heterocycles. The van der Waals surface area contributed by atoms with Crippen LogP contribution in [0.4, 0.5) is 61.5 Å². The number of nitrogens with zero attached hydrogens (tertiary/aromatic N) is 5. The van der Waals surface area contributed by atoms with Crippen LogP contribution in [0.2, 0.25) is 0 Å². The standard InChI is InChI=1S/C44H41F7N4O11S.C43H42F7N3O12S/c1-17-9-21-10-23-24(13-52)55-25-14-62-39(58)41(22-12-26(60-5)27(11-20(22)7-8-53-41)66-40(59)42(45,46)43(47,48)44(49,50)51)15-67-38(32(55)31(54(23)4)28(21)33(57)34(17)61-6)30-29(25)37-36(63-16-64-37)18(2)35(30)65-19(3)56;1-16-9-20-10-22-37(56)53-23-13-61-38(57)40(21-12-24(59-5)25(11-19(21)7-8-51-40)65-39(58)41(44,45)42(46,47)43(48,49)50)14-66-36(30(53)29(52(22)4)26(20)31(55)32(16)60-6)28-27(23)35-34(62-15-63-35)17(2)33(28)64-18(3)54/h9,11-12,23-25,31-32,38,53,57H,7-8,10,14-16H2,1-6H3;9,11-12,22-23,29-30,36-37,51,55-56H,7-8,10,13-15H2,1-6H3/t23-,24-,25-,31+,32?,38+,41+;22-,23-,29+,30?,36+,37-,40+/m00/s1. The third kappa shape index (κ3) is 13.9. The van der Waals surface area contributed by atoms with E-state index in [1.54, 1.807) is 27.7 Å². The Kier molecular flexibility index (Phi) is 23.3. The molecule has 20 rings (SSSR count). The van der Waals surface area contributed by atoms with Crippen LogP contribution in [0.3, 0.4) is 0 Å². The number of alkyl halides is 14. The molecule has 14 heterocycles. The van der Waals surface area contributed by atoms with Crippen molar-refractivity contribution in [1.29, 1.82) is 5.26 Å². The predicted octanol–water partition coefficient (Wildman–Crippen LogP) is 11.5. The molecule has 6 aromatic rings. The zero-order chi connectivity index (χ0) is 96.2. The number of piperazine rings is 2. The summed E-state index contributed by atoms with van der Waals surface area (Å²) in [5.74, 6) is -37.7. The van der Waals surface area contributed by atoms with E-state index in [1.165, 1.54) is 51.6 Å². The molecule has 5 N–H and O–H groups in total. The van der Waals surface area contributed by atoms with Gasteiger partial charge in [-0.05, 0) is 136 Å². The van der Waals surface area contributed by atoms with Crippen LogP contribution >= 0.6 is 23.5 Å².